The minimum Gasteiger partial charge on any atom is -0.508 e. The molecule has 2 aromatic carbocycles. The zero-order chi connectivity index (χ0) is 36.9. The van der Waals surface area contributed by atoms with E-state index in [0.29, 0.717) is 104 Å². The summed E-state index contributed by atoms with van der Waals surface area (Å²) in [4.78, 5) is 53.8. The van der Waals surface area contributed by atoms with Gasteiger partial charge in [0.05, 0.1) is 44.6 Å². The molecule has 0 atom stereocenters. The zero-order valence-corrected chi connectivity index (χ0v) is 28.5. The lowest BCUT2D eigenvalue weighted by Crippen LogP contribution is -2.37. The van der Waals surface area contributed by atoms with Gasteiger partial charge in [0.25, 0.3) is 0 Å². The molecule has 53 heavy (non-hydrogen) atoms. The van der Waals surface area contributed by atoms with Gasteiger partial charge in [-0.15, -0.1) is 0 Å². The number of nitrogens with zero attached hydrogens (tertiary/aromatic N) is 8. The number of carboxylic acid groups (broad SMARTS) is 2. The maximum atomic E-state index is 11.4. The zero-order valence-electron chi connectivity index (χ0n) is 28.5. The molecule has 6 heterocycles. The number of hydrogen-bond acceptors (Lipinski definition) is 14. The van der Waals surface area contributed by atoms with Gasteiger partial charge in [-0.2, -0.15) is 0 Å². The molecule has 3 N–H and O–H groups in total. The van der Waals surface area contributed by atoms with Gasteiger partial charge in [0, 0.05) is 37.3 Å². The number of aromatic hydroxyl groups is 1. The molecule has 16 heteroatoms. The number of fused-ring (bicyclic) bond motifs is 2. The van der Waals surface area contributed by atoms with E-state index in [-0.39, 0.29) is 17.1 Å². The predicted molar refractivity (Wildman–Crippen MR) is 194 cm³/mol. The summed E-state index contributed by atoms with van der Waals surface area (Å²) in [7, 11) is 1.59. The van der Waals surface area contributed by atoms with Crippen LogP contribution in [0.3, 0.4) is 0 Å². The normalized spacial score (nSPS) is 14.4. The number of phenols is 1. The molecule has 270 valence electrons. The highest BCUT2D eigenvalue weighted by Gasteiger charge is 2.21. The van der Waals surface area contributed by atoms with Crippen LogP contribution in [0.2, 0.25) is 0 Å². The number of carbonyl (C=O) groups is 2. The summed E-state index contributed by atoms with van der Waals surface area (Å²) in [6.07, 6.45) is 0. The van der Waals surface area contributed by atoms with Crippen molar-refractivity contribution in [3.8, 4) is 34.0 Å². The summed E-state index contributed by atoms with van der Waals surface area (Å²) in [5.41, 5.74) is 4.50. The highest BCUT2D eigenvalue weighted by molar-refractivity contribution is 5.95. The fourth-order valence-electron chi connectivity index (χ4n) is 5.84. The number of morpholine rings is 2. The van der Waals surface area contributed by atoms with E-state index in [1.165, 1.54) is 12.1 Å². The van der Waals surface area contributed by atoms with Gasteiger partial charge in [0.1, 0.15) is 45.3 Å². The maximum absolute atomic E-state index is 11.4. The Kier molecular flexibility index (Phi) is 10.1. The third kappa shape index (κ3) is 7.73. The van der Waals surface area contributed by atoms with E-state index in [0.717, 1.165) is 11.1 Å². The van der Waals surface area contributed by atoms with Crippen LogP contribution in [0.1, 0.15) is 21.0 Å². The van der Waals surface area contributed by atoms with Crippen LogP contribution in [-0.4, -0.2) is 117 Å². The number of aromatic carboxylic acids is 2. The fraction of sp³-hybridized carbons (Fsp3) is 0.243. The van der Waals surface area contributed by atoms with Crippen molar-refractivity contribution in [2.24, 2.45) is 0 Å². The number of hydrogen-bond donors (Lipinski definition) is 3. The van der Waals surface area contributed by atoms with E-state index in [2.05, 4.69) is 29.8 Å². The number of benzene rings is 2. The Morgan fingerprint density at radius 2 is 1.11 bits per heavy atom. The summed E-state index contributed by atoms with van der Waals surface area (Å²) < 4.78 is 16.1. The first-order valence-electron chi connectivity index (χ1n) is 16.7. The molecule has 6 aromatic rings. The molecular formula is C37H34N8O8. The number of aromatic nitrogens is 6. The van der Waals surface area contributed by atoms with Crippen LogP contribution in [0.15, 0.2) is 72.8 Å². The summed E-state index contributed by atoms with van der Waals surface area (Å²) in [6.45, 7) is 5.20. The standard InChI is InChI=1S/C19H18N4O4.C18H16N4O4/c1-26-13-4-2-3-12(11-13)16-17-14(5-6-15(20-17)18(24)25)21-19(22-16)23-7-9-27-10-8-23;23-12-3-1-11(2-4-12)15-16-13(5-6-14(19-16)17(24)25)20-18(21-15)22-7-9-26-10-8-22/h2-6,11H,7-10H2,1H3,(H,24,25);1-6,23H,7-10H2,(H,24,25). The Morgan fingerprint density at radius 1 is 0.623 bits per heavy atom. The molecule has 0 spiro atoms. The van der Waals surface area contributed by atoms with E-state index in [1.54, 1.807) is 43.5 Å². The van der Waals surface area contributed by atoms with E-state index in [1.807, 2.05) is 29.2 Å². The second-order valence-corrected chi connectivity index (χ2v) is 12.0. The number of rotatable bonds is 7. The van der Waals surface area contributed by atoms with E-state index >= 15 is 0 Å². The molecule has 16 nitrogen and oxygen atoms in total. The average molecular weight is 719 g/mol. The summed E-state index contributed by atoms with van der Waals surface area (Å²) in [5.74, 6) is -0.255. The van der Waals surface area contributed by atoms with Gasteiger partial charge in [-0.25, -0.2) is 39.5 Å². The molecule has 2 aliphatic rings. The van der Waals surface area contributed by atoms with Crippen LogP contribution in [0.4, 0.5) is 11.9 Å². The monoisotopic (exact) mass is 718 g/mol. The number of ether oxygens (including phenoxy) is 3. The molecule has 0 bridgehead atoms. The van der Waals surface area contributed by atoms with Gasteiger partial charge in [-0.3, -0.25) is 0 Å². The van der Waals surface area contributed by atoms with Gasteiger partial charge >= 0.3 is 11.9 Å². The second kappa shape index (κ2) is 15.4. The van der Waals surface area contributed by atoms with Crippen LogP contribution >= 0.6 is 0 Å². The Bertz CT molecular complexity index is 2290. The fourth-order valence-corrected chi connectivity index (χ4v) is 5.84. The van der Waals surface area contributed by atoms with E-state index < -0.39 is 11.9 Å². The lowest BCUT2D eigenvalue weighted by atomic mass is 10.1. The van der Waals surface area contributed by atoms with Crippen molar-refractivity contribution >= 4 is 45.9 Å². The minimum atomic E-state index is -1.11. The van der Waals surface area contributed by atoms with Crippen LogP contribution in [-0.2, 0) is 9.47 Å². The molecule has 2 aliphatic heterocycles. The van der Waals surface area contributed by atoms with Crippen molar-refractivity contribution in [1.82, 2.24) is 29.9 Å². The van der Waals surface area contributed by atoms with Crippen molar-refractivity contribution in [2.45, 2.75) is 0 Å². The lowest BCUT2D eigenvalue weighted by molar-refractivity contribution is 0.0680. The van der Waals surface area contributed by atoms with Crippen LogP contribution in [0.5, 0.6) is 11.5 Å². The van der Waals surface area contributed by atoms with Crippen molar-refractivity contribution < 1.29 is 39.1 Å². The molecule has 0 unspecified atom stereocenters. The Labute approximate surface area is 302 Å². The summed E-state index contributed by atoms with van der Waals surface area (Å²) in [5, 5.41) is 28.1. The SMILES string of the molecule is COc1cccc(-c2nc(N3CCOCC3)nc3ccc(C(=O)O)nc23)c1.O=C(O)c1ccc2nc(N3CCOCC3)nc(-c3ccc(O)cc3)c2n1. The first-order valence-corrected chi connectivity index (χ1v) is 16.7. The van der Waals surface area contributed by atoms with Crippen molar-refractivity contribution in [3.05, 3.63) is 84.2 Å². The Hall–Kier alpha value is -6.52. The first-order chi connectivity index (χ1) is 25.8. The predicted octanol–water partition coefficient (Wildman–Crippen LogP) is 4.17. The van der Waals surface area contributed by atoms with Crippen LogP contribution in [0.25, 0.3) is 44.6 Å². The molecule has 0 aliphatic carbocycles. The van der Waals surface area contributed by atoms with Crippen LogP contribution in [0, 0.1) is 0 Å². The van der Waals surface area contributed by atoms with Gasteiger partial charge in [0.2, 0.25) is 11.9 Å². The summed E-state index contributed by atoms with van der Waals surface area (Å²) >= 11 is 0. The molecule has 8 rings (SSSR count). The third-order valence-corrected chi connectivity index (χ3v) is 8.57. The maximum Gasteiger partial charge on any atom is 0.354 e. The van der Waals surface area contributed by atoms with Crippen LogP contribution < -0.4 is 14.5 Å². The van der Waals surface area contributed by atoms with Crippen molar-refractivity contribution in [3.63, 3.8) is 0 Å². The summed E-state index contributed by atoms with van der Waals surface area (Å²) in [6, 6.07) is 20.2. The van der Waals surface area contributed by atoms with E-state index in [4.69, 9.17) is 19.2 Å². The van der Waals surface area contributed by atoms with Gasteiger partial charge in [-0.1, -0.05) is 12.1 Å². The largest absolute Gasteiger partial charge is 0.508 e. The van der Waals surface area contributed by atoms with Crippen molar-refractivity contribution in [1.29, 1.82) is 0 Å². The second-order valence-electron chi connectivity index (χ2n) is 12.0. The van der Waals surface area contributed by atoms with Crippen molar-refractivity contribution in [2.75, 3.05) is 69.5 Å². The number of anilines is 2. The molecule has 0 saturated carbocycles. The minimum absolute atomic E-state index is 0.0469. The molecular weight excluding hydrogens is 684 g/mol. The topological polar surface area (TPSA) is 206 Å². The average Bonchev–Trinajstić information content (AvgIpc) is 3.20. The quantitative estimate of drug-likeness (QED) is 0.212. The first kappa shape index (κ1) is 34.9. The Balaban J connectivity index is 0.000000164. The Morgan fingerprint density at radius 3 is 1.58 bits per heavy atom. The lowest BCUT2D eigenvalue weighted by Gasteiger charge is -2.27. The molecule has 0 radical (unpaired) electrons. The number of methoxy groups -OCH3 is 1. The number of carboxylic acids is 2. The molecule has 0 amide bonds. The van der Waals surface area contributed by atoms with Gasteiger partial charge < -0.3 is 39.3 Å². The molecule has 2 fully saturated rings. The van der Waals surface area contributed by atoms with Gasteiger partial charge in [-0.05, 0) is 60.7 Å². The third-order valence-electron chi connectivity index (χ3n) is 8.57. The number of pyridine rings is 2. The highest BCUT2D eigenvalue weighted by Crippen LogP contribution is 2.31. The smallest absolute Gasteiger partial charge is 0.354 e. The number of phenolic OH excluding ortho intramolecular Hbond substituents is 1. The van der Waals surface area contributed by atoms with Gasteiger partial charge in [0.15, 0.2) is 0 Å². The van der Waals surface area contributed by atoms with E-state index in [9.17, 15) is 24.9 Å². The highest BCUT2D eigenvalue weighted by atomic mass is 16.5. The molecule has 2 saturated heterocycles. The molecule has 4 aromatic heterocycles.